The van der Waals surface area contributed by atoms with Crippen LogP contribution in [-0.2, 0) is 11.3 Å². The molecule has 1 aromatic carbocycles. The van der Waals surface area contributed by atoms with Gasteiger partial charge in [0.25, 0.3) is 0 Å². The summed E-state index contributed by atoms with van der Waals surface area (Å²) in [6.07, 6.45) is 0. The van der Waals surface area contributed by atoms with Crippen molar-refractivity contribution in [3.8, 4) is 11.5 Å². The van der Waals surface area contributed by atoms with Crippen LogP contribution in [0.25, 0.3) is 0 Å². The number of rotatable bonds is 3. The fraction of sp³-hybridized carbons (Fsp3) is 0.462. The van der Waals surface area contributed by atoms with Crippen LogP contribution in [0.2, 0.25) is 0 Å². The summed E-state index contributed by atoms with van der Waals surface area (Å²) in [7, 11) is 0. The van der Waals surface area contributed by atoms with E-state index in [9.17, 15) is 4.79 Å². The molecule has 7 heteroatoms. The number of nitrogens with one attached hydrogen (secondary N) is 2. The van der Waals surface area contributed by atoms with Crippen molar-refractivity contribution in [2.75, 3.05) is 24.8 Å². The molecular weight excluding hydrogens is 300 g/mol. The van der Waals surface area contributed by atoms with E-state index in [0.29, 0.717) is 19.8 Å². The normalized spacial score (nSPS) is 20.1. The second-order valence-corrected chi connectivity index (χ2v) is 5.50. The first-order chi connectivity index (χ1) is 9.33. The molecule has 3 rings (SSSR count). The first kappa shape index (κ1) is 15.3. The Bertz CT molecular complexity index is 481. The van der Waals surface area contributed by atoms with Crippen LogP contribution >= 0.6 is 24.2 Å². The number of carbonyl (C=O) groups excluding carboxylic acids is 1. The van der Waals surface area contributed by atoms with E-state index in [1.54, 1.807) is 11.8 Å². The number of fused-ring (bicyclic) bond motifs is 1. The molecule has 110 valence electrons. The van der Waals surface area contributed by atoms with Crippen LogP contribution in [0.1, 0.15) is 5.56 Å². The molecule has 2 N–H and O–H groups in total. The molecule has 2 aliphatic heterocycles. The quantitative estimate of drug-likeness (QED) is 0.876. The highest BCUT2D eigenvalue weighted by Crippen LogP contribution is 2.30. The Hall–Kier alpha value is -1.11. The molecule has 0 aromatic heterocycles. The van der Waals surface area contributed by atoms with Gasteiger partial charge < -0.3 is 14.8 Å². The van der Waals surface area contributed by atoms with E-state index in [2.05, 4.69) is 10.6 Å². The van der Waals surface area contributed by atoms with E-state index in [1.807, 2.05) is 18.2 Å². The highest BCUT2D eigenvalue weighted by Gasteiger charge is 2.22. The first-order valence-corrected chi connectivity index (χ1v) is 7.46. The van der Waals surface area contributed by atoms with Crippen LogP contribution in [0.3, 0.4) is 0 Å². The van der Waals surface area contributed by atoms with Gasteiger partial charge in [0.2, 0.25) is 5.91 Å². The smallest absolute Gasteiger partial charge is 0.238 e. The molecule has 1 amide bonds. The van der Waals surface area contributed by atoms with Gasteiger partial charge in [-0.05, 0) is 17.7 Å². The van der Waals surface area contributed by atoms with E-state index in [1.165, 1.54) is 0 Å². The molecule has 2 heterocycles. The van der Waals surface area contributed by atoms with Gasteiger partial charge >= 0.3 is 0 Å². The third-order valence-electron chi connectivity index (χ3n) is 3.11. The molecular formula is C13H17ClN2O3S. The maximum absolute atomic E-state index is 11.9. The molecule has 20 heavy (non-hydrogen) atoms. The average molecular weight is 317 g/mol. The average Bonchev–Trinajstić information content (AvgIpc) is 2.99. The van der Waals surface area contributed by atoms with Gasteiger partial charge in [-0.25, -0.2) is 0 Å². The topological polar surface area (TPSA) is 59.6 Å². The van der Waals surface area contributed by atoms with Crippen LogP contribution < -0.4 is 20.1 Å². The van der Waals surface area contributed by atoms with Crippen LogP contribution in [0.5, 0.6) is 11.5 Å². The number of ether oxygens (including phenoxy) is 2. The van der Waals surface area contributed by atoms with Gasteiger partial charge in [0.1, 0.15) is 13.2 Å². The van der Waals surface area contributed by atoms with E-state index < -0.39 is 0 Å². The van der Waals surface area contributed by atoms with Crippen LogP contribution in [0, 0.1) is 0 Å². The first-order valence-electron chi connectivity index (χ1n) is 6.30. The monoisotopic (exact) mass is 316 g/mol. The predicted molar refractivity (Wildman–Crippen MR) is 80.8 cm³/mol. The number of halogens is 1. The molecule has 1 saturated heterocycles. The zero-order valence-corrected chi connectivity index (χ0v) is 12.5. The molecule has 1 unspecified atom stereocenters. The number of amides is 1. The van der Waals surface area contributed by atoms with E-state index in [0.717, 1.165) is 28.7 Å². The minimum Gasteiger partial charge on any atom is -0.486 e. The summed E-state index contributed by atoms with van der Waals surface area (Å²) in [5.41, 5.74) is 1.02. The summed E-state index contributed by atoms with van der Waals surface area (Å²) in [6.45, 7) is 1.68. The number of thioether (sulfide) groups is 1. The molecule has 0 radical (unpaired) electrons. The Morgan fingerprint density at radius 3 is 2.90 bits per heavy atom. The van der Waals surface area contributed by atoms with Crippen LogP contribution in [0.15, 0.2) is 18.2 Å². The van der Waals surface area contributed by atoms with Crippen LogP contribution in [0.4, 0.5) is 0 Å². The van der Waals surface area contributed by atoms with Gasteiger partial charge in [-0.1, -0.05) is 6.07 Å². The minimum absolute atomic E-state index is 0. The maximum Gasteiger partial charge on any atom is 0.238 e. The molecule has 0 aliphatic carbocycles. The molecule has 0 saturated carbocycles. The lowest BCUT2D eigenvalue weighted by molar-refractivity contribution is -0.122. The van der Waals surface area contributed by atoms with Gasteiger partial charge in [0.15, 0.2) is 11.5 Å². The van der Waals surface area contributed by atoms with Crippen LogP contribution in [-0.4, -0.2) is 36.8 Å². The number of hydrogen-bond acceptors (Lipinski definition) is 5. The maximum atomic E-state index is 11.9. The molecule has 1 fully saturated rings. The second-order valence-electron chi connectivity index (χ2n) is 4.47. The van der Waals surface area contributed by atoms with Crippen molar-refractivity contribution in [2.24, 2.45) is 0 Å². The SMILES string of the molecule is Cl.O=C(NCc1ccc2c(c1)OCCO2)C1CSCN1. The summed E-state index contributed by atoms with van der Waals surface area (Å²) < 4.78 is 11.0. The molecule has 1 aromatic rings. The molecule has 1 atom stereocenters. The summed E-state index contributed by atoms with van der Waals surface area (Å²) in [6, 6.07) is 5.69. The zero-order chi connectivity index (χ0) is 13.1. The fourth-order valence-corrected chi connectivity index (χ4v) is 3.02. The van der Waals surface area contributed by atoms with Crippen molar-refractivity contribution in [1.29, 1.82) is 0 Å². The summed E-state index contributed by atoms with van der Waals surface area (Å²) in [4.78, 5) is 11.9. The lowest BCUT2D eigenvalue weighted by atomic mass is 10.2. The number of benzene rings is 1. The van der Waals surface area contributed by atoms with Gasteiger partial charge in [-0.3, -0.25) is 10.1 Å². The van der Waals surface area contributed by atoms with E-state index >= 15 is 0 Å². The fourth-order valence-electron chi connectivity index (χ4n) is 2.07. The zero-order valence-electron chi connectivity index (χ0n) is 10.9. The predicted octanol–water partition coefficient (Wildman–Crippen LogP) is 1.16. The molecule has 0 bridgehead atoms. The third kappa shape index (κ3) is 3.50. The van der Waals surface area contributed by atoms with Crippen molar-refractivity contribution in [2.45, 2.75) is 12.6 Å². The summed E-state index contributed by atoms with van der Waals surface area (Å²) in [5.74, 6) is 3.28. The summed E-state index contributed by atoms with van der Waals surface area (Å²) >= 11 is 1.74. The lowest BCUT2D eigenvalue weighted by Crippen LogP contribution is -2.41. The van der Waals surface area contributed by atoms with E-state index in [4.69, 9.17) is 9.47 Å². The lowest BCUT2D eigenvalue weighted by Gasteiger charge is -2.19. The van der Waals surface area contributed by atoms with Crippen molar-refractivity contribution < 1.29 is 14.3 Å². The second kappa shape index (κ2) is 7.06. The van der Waals surface area contributed by atoms with Gasteiger partial charge in [-0.2, -0.15) is 0 Å². The Balaban J connectivity index is 0.00000147. The van der Waals surface area contributed by atoms with Crippen molar-refractivity contribution in [1.82, 2.24) is 10.6 Å². The highest BCUT2D eigenvalue weighted by molar-refractivity contribution is 7.99. The van der Waals surface area contributed by atoms with Gasteiger partial charge in [0.05, 0.1) is 6.04 Å². The molecule has 2 aliphatic rings. The van der Waals surface area contributed by atoms with Crippen molar-refractivity contribution >= 4 is 30.1 Å². The van der Waals surface area contributed by atoms with E-state index in [-0.39, 0.29) is 24.4 Å². The molecule has 0 spiro atoms. The standard InChI is InChI=1S/C13H16N2O3S.ClH/c16-13(10-7-19-8-15-10)14-6-9-1-2-11-12(5-9)18-4-3-17-11;/h1-2,5,10,15H,3-4,6-8H2,(H,14,16);1H. The minimum atomic E-state index is -0.0674. The Morgan fingerprint density at radius 1 is 1.35 bits per heavy atom. The van der Waals surface area contributed by atoms with Gasteiger partial charge in [-0.15, -0.1) is 24.2 Å². The highest BCUT2D eigenvalue weighted by atomic mass is 35.5. The van der Waals surface area contributed by atoms with Gasteiger partial charge in [0, 0.05) is 18.2 Å². The Morgan fingerprint density at radius 2 is 2.15 bits per heavy atom. The Kier molecular flexibility index (Phi) is 5.39. The van der Waals surface area contributed by atoms with Crippen molar-refractivity contribution in [3.05, 3.63) is 23.8 Å². The van der Waals surface area contributed by atoms with Crippen molar-refractivity contribution in [3.63, 3.8) is 0 Å². The number of hydrogen-bond donors (Lipinski definition) is 2. The largest absolute Gasteiger partial charge is 0.486 e. The summed E-state index contributed by atoms with van der Waals surface area (Å²) in [5, 5.41) is 6.09. The Labute approximate surface area is 128 Å². The third-order valence-corrected chi connectivity index (χ3v) is 4.05. The molecule has 5 nitrogen and oxygen atoms in total. The number of carbonyl (C=O) groups is 1.